The van der Waals surface area contributed by atoms with E-state index in [1.807, 2.05) is 30.9 Å². The van der Waals surface area contributed by atoms with Crippen LogP contribution in [-0.4, -0.2) is 65.7 Å². The summed E-state index contributed by atoms with van der Waals surface area (Å²) in [6, 6.07) is 4.64. The van der Waals surface area contributed by atoms with E-state index in [1.165, 1.54) is 31.5 Å². The topological polar surface area (TPSA) is 85.7 Å². The van der Waals surface area contributed by atoms with E-state index in [2.05, 4.69) is 15.7 Å². The smallest absolute Gasteiger partial charge is 0.323 e. The molecular weight excluding hydrogens is 399 g/mol. The Morgan fingerprint density at radius 2 is 1.94 bits per heavy atom. The molecule has 1 saturated carbocycles. The van der Waals surface area contributed by atoms with Crippen LogP contribution in [0.5, 0.6) is 0 Å². The Labute approximate surface area is 183 Å². The van der Waals surface area contributed by atoms with Crippen molar-refractivity contribution in [2.75, 3.05) is 43.2 Å². The highest BCUT2D eigenvalue weighted by atomic mass is 19.1. The molecule has 0 aliphatic heterocycles. The van der Waals surface area contributed by atoms with Crippen LogP contribution in [0.1, 0.15) is 32.1 Å². The van der Waals surface area contributed by atoms with Crippen LogP contribution in [-0.2, 0) is 6.54 Å². The third-order valence-corrected chi connectivity index (χ3v) is 5.57. The van der Waals surface area contributed by atoms with E-state index in [0.717, 1.165) is 12.8 Å². The number of aromatic nitrogens is 2. The molecule has 31 heavy (non-hydrogen) atoms. The predicted molar refractivity (Wildman–Crippen MR) is 121 cm³/mol. The number of aliphatic hydroxyl groups is 1. The fraction of sp³-hybridized carbons (Fsp3) is 0.545. The number of nitrogens with zero attached hydrogens (tertiary/aromatic N) is 4. The first kappa shape index (κ1) is 23.0. The van der Waals surface area contributed by atoms with Crippen molar-refractivity contribution >= 4 is 23.1 Å². The first-order valence-corrected chi connectivity index (χ1v) is 10.8. The molecule has 1 unspecified atom stereocenters. The van der Waals surface area contributed by atoms with Crippen molar-refractivity contribution in [1.82, 2.24) is 14.7 Å². The van der Waals surface area contributed by atoms with E-state index in [9.17, 15) is 14.3 Å². The molecule has 1 atom stereocenters. The summed E-state index contributed by atoms with van der Waals surface area (Å²) < 4.78 is 16.3. The van der Waals surface area contributed by atoms with Gasteiger partial charge in [0.05, 0.1) is 30.2 Å². The van der Waals surface area contributed by atoms with Gasteiger partial charge in [-0.15, -0.1) is 0 Å². The molecule has 1 aromatic carbocycles. The SMILES string of the molecule is CN(C)CC(O)Cn1cc(NC(=O)Nc2ccc(N(C)C3CCCCC3)c(F)c2)cn1. The monoisotopic (exact) mass is 432 g/mol. The highest BCUT2D eigenvalue weighted by Gasteiger charge is 2.20. The Morgan fingerprint density at radius 3 is 2.61 bits per heavy atom. The molecule has 1 heterocycles. The number of carbonyl (C=O) groups excluding carboxylic acids is 1. The summed E-state index contributed by atoms with van der Waals surface area (Å²) >= 11 is 0. The lowest BCUT2D eigenvalue weighted by Crippen LogP contribution is -2.33. The first-order valence-electron chi connectivity index (χ1n) is 10.8. The van der Waals surface area contributed by atoms with Gasteiger partial charge in [-0.2, -0.15) is 5.10 Å². The van der Waals surface area contributed by atoms with Crippen LogP contribution < -0.4 is 15.5 Å². The summed E-state index contributed by atoms with van der Waals surface area (Å²) in [6.45, 7) is 0.837. The minimum Gasteiger partial charge on any atom is -0.390 e. The average Bonchev–Trinajstić information content (AvgIpc) is 3.14. The van der Waals surface area contributed by atoms with E-state index in [0.29, 0.717) is 36.2 Å². The molecule has 1 aliphatic carbocycles. The molecule has 1 aliphatic rings. The molecule has 1 fully saturated rings. The van der Waals surface area contributed by atoms with E-state index in [4.69, 9.17) is 0 Å². The van der Waals surface area contributed by atoms with Gasteiger partial charge in [-0.1, -0.05) is 19.3 Å². The maximum Gasteiger partial charge on any atom is 0.323 e. The molecule has 0 saturated heterocycles. The number of anilines is 3. The van der Waals surface area contributed by atoms with Gasteiger partial charge in [0.1, 0.15) is 5.82 Å². The summed E-state index contributed by atoms with van der Waals surface area (Å²) in [7, 11) is 5.70. The van der Waals surface area contributed by atoms with Gasteiger partial charge in [-0.05, 0) is 45.1 Å². The molecule has 1 aromatic heterocycles. The standard InChI is InChI=1S/C22H33FN6O2/c1-27(2)14-19(30)15-29-13-17(12-24-29)26-22(31)25-16-9-10-21(20(23)11-16)28(3)18-7-5-4-6-8-18/h9-13,18-19,30H,4-8,14-15H2,1-3H3,(H2,25,26,31). The fourth-order valence-electron chi connectivity index (χ4n) is 4.05. The van der Waals surface area contributed by atoms with Gasteiger partial charge < -0.3 is 25.5 Å². The third-order valence-electron chi connectivity index (χ3n) is 5.57. The van der Waals surface area contributed by atoms with Crippen LogP contribution in [0.2, 0.25) is 0 Å². The first-order chi connectivity index (χ1) is 14.8. The third kappa shape index (κ3) is 6.67. The number of aliphatic hydroxyl groups excluding tert-OH is 1. The fourth-order valence-corrected chi connectivity index (χ4v) is 4.05. The van der Waals surface area contributed by atoms with Crippen LogP contribution >= 0.6 is 0 Å². The molecule has 8 nitrogen and oxygen atoms in total. The van der Waals surface area contributed by atoms with Crippen molar-refractivity contribution in [2.24, 2.45) is 0 Å². The highest BCUT2D eigenvalue weighted by molar-refractivity contribution is 5.99. The average molecular weight is 433 g/mol. The van der Waals surface area contributed by atoms with Gasteiger partial charge in [-0.3, -0.25) is 4.68 Å². The summed E-state index contributed by atoms with van der Waals surface area (Å²) in [6.07, 6.45) is 8.36. The van der Waals surface area contributed by atoms with Gasteiger partial charge in [0.15, 0.2) is 0 Å². The van der Waals surface area contributed by atoms with Crippen molar-refractivity contribution < 1.29 is 14.3 Å². The number of hydrogen-bond acceptors (Lipinski definition) is 5. The van der Waals surface area contributed by atoms with E-state index in [-0.39, 0.29) is 5.82 Å². The van der Waals surface area contributed by atoms with Crippen LogP contribution in [0, 0.1) is 5.82 Å². The van der Waals surface area contributed by atoms with Gasteiger partial charge in [-0.25, -0.2) is 9.18 Å². The Morgan fingerprint density at radius 1 is 1.23 bits per heavy atom. The number of halogens is 1. The maximum absolute atomic E-state index is 14.7. The van der Waals surface area contributed by atoms with Crippen molar-refractivity contribution in [3.63, 3.8) is 0 Å². The Balaban J connectivity index is 1.54. The predicted octanol–water partition coefficient (Wildman–Crippen LogP) is 3.36. The molecule has 0 bridgehead atoms. The van der Waals surface area contributed by atoms with Gasteiger partial charge in [0.25, 0.3) is 0 Å². The van der Waals surface area contributed by atoms with Gasteiger partial charge in [0, 0.05) is 31.5 Å². The molecule has 0 radical (unpaired) electrons. The van der Waals surface area contributed by atoms with Crippen molar-refractivity contribution in [2.45, 2.75) is 50.8 Å². The van der Waals surface area contributed by atoms with E-state index in [1.54, 1.807) is 23.0 Å². The summed E-state index contributed by atoms with van der Waals surface area (Å²) in [5, 5.41) is 19.5. The number of rotatable bonds is 8. The second-order valence-electron chi connectivity index (χ2n) is 8.52. The molecule has 0 spiro atoms. The van der Waals surface area contributed by atoms with Crippen LogP contribution in [0.25, 0.3) is 0 Å². The molecule has 3 N–H and O–H groups in total. The lowest BCUT2D eigenvalue weighted by molar-refractivity contribution is 0.116. The summed E-state index contributed by atoms with van der Waals surface area (Å²) in [5.74, 6) is -0.353. The normalized spacial score (nSPS) is 15.7. The largest absolute Gasteiger partial charge is 0.390 e. The number of nitrogens with one attached hydrogen (secondary N) is 2. The minimum absolute atomic E-state index is 0.322. The molecule has 9 heteroatoms. The Bertz CT molecular complexity index is 865. The molecule has 3 rings (SSSR count). The van der Waals surface area contributed by atoms with Gasteiger partial charge in [0.2, 0.25) is 0 Å². The summed E-state index contributed by atoms with van der Waals surface area (Å²) in [4.78, 5) is 16.2. The Kier molecular flexibility index (Phi) is 7.86. The number of urea groups is 1. The lowest BCUT2D eigenvalue weighted by atomic mass is 9.94. The highest BCUT2D eigenvalue weighted by Crippen LogP contribution is 2.29. The van der Waals surface area contributed by atoms with Crippen molar-refractivity contribution in [3.8, 4) is 0 Å². The van der Waals surface area contributed by atoms with Gasteiger partial charge >= 0.3 is 6.03 Å². The quantitative estimate of drug-likeness (QED) is 0.596. The molecular formula is C22H33FN6O2. The minimum atomic E-state index is -0.565. The van der Waals surface area contributed by atoms with Crippen molar-refractivity contribution in [3.05, 3.63) is 36.4 Å². The lowest BCUT2D eigenvalue weighted by Gasteiger charge is -2.33. The van der Waals surface area contributed by atoms with E-state index < -0.39 is 12.1 Å². The number of hydrogen-bond donors (Lipinski definition) is 3. The van der Waals surface area contributed by atoms with Crippen LogP contribution in [0.4, 0.5) is 26.2 Å². The number of amides is 2. The van der Waals surface area contributed by atoms with Crippen LogP contribution in [0.3, 0.4) is 0 Å². The summed E-state index contributed by atoms with van der Waals surface area (Å²) in [5.41, 5.74) is 1.42. The zero-order valence-electron chi connectivity index (χ0n) is 18.5. The Hall–Kier alpha value is -2.65. The molecule has 2 aromatic rings. The van der Waals surface area contributed by atoms with E-state index >= 15 is 0 Å². The second-order valence-corrected chi connectivity index (χ2v) is 8.52. The zero-order valence-corrected chi connectivity index (χ0v) is 18.5. The van der Waals surface area contributed by atoms with Crippen molar-refractivity contribution in [1.29, 1.82) is 0 Å². The number of benzene rings is 1. The number of likely N-dealkylation sites (N-methyl/N-ethyl adjacent to an activating group) is 1. The molecule has 2 amide bonds. The zero-order chi connectivity index (χ0) is 22.4. The molecule has 170 valence electrons. The number of carbonyl (C=O) groups is 1. The maximum atomic E-state index is 14.7. The van der Waals surface area contributed by atoms with Crippen LogP contribution in [0.15, 0.2) is 30.6 Å². The second kappa shape index (κ2) is 10.6.